The van der Waals surface area contributed by atoms with Gasteiger partial charge >= 0.3 is 5.97 Å². The number of aromatic nitrogens is 2. The van der Waals surface area contributed by atoms with Gasteiger partial charge in [-0.05, 0) is 30.0 Å². The van der Waals surface area contributed by atoms with E-state index < -0.39 is 5.97 Å². The smallest absolute Gasteiger partial charge is 0.356 e. The lowest BCUT2D eigenvalue weighted by Gasteiger charge is -2.11. The van der Waals surface area contributed by atoms with E-state index in [0.29, 0.717) is 11.7 Å². The maximum Gasteiger partial charge on any atom is 0.356 e. The molecule has 0 amide bonds. The third-order valence-electron chi connectivity index (χ3n) is 2.94. The van der Waals surface area contributed by atoms with Gasteiger partial charge in [0.1, 0.15) is 5.75 Å². The molecule has 0 spiro atoms. The van der Waals surface area contributed by atoms with Crippen LogP contribution in [0, 0.1) is 6.92 Å². The second kappa shape index (κ2) is 5.69. The molecular formula is C15H16N2O3. The summed E-state index contributed by atoms with van der Waals surface area (Å²) in [7, 11) is 0. The molecule has 1 aromatic carbocycles. The van der Waals surface area contributed by atoms with Gasteiger partial charge in [0.2, 0.25) is 5.88 Å². The molecule has 1 aromatic heterocycles. The first-order valence-electron chi connectivity index (χ1n) is 6.31. The van der Waals surface area contributed by atoms with Gasteiger partial charge < -0.3 is 9.84 Å². The monoisotopic (exact) mass is 272 g/mol. The van der Waals surface area contributed by atoms with Gasteiger partial charge in [-0.25, -0.2) is 14.8 Å². The topological polar surface area (TPSA) is 72.3 Å². The highest BCUT2D eigenvalue weighted by Gasteiger charge is 2.09. The molecule has 20 heavy (non-hydrogen) atoms. The van der Waals surface area contributed by atoms with Gasteiger partial charge in [0.05, 0.1) is 12.4 Å². The molecule has 0 saturated heterocycles. The summed E-state index contributed by atoms with van der Waals surface area (Å²) < 4.78 is 5.67. The van der Waals surface area contributed by atoms with E-state index in [4.69, 9.17) is 9.84 Å². The molecule has 0 unspecified atom stereocenters. The zero-order valence-electron chi connectivity index (χ0n) is 11.6. The third kappa shape index (κ3) is 3.12. The Morgan fingerprint density at radius 3 is 2.55 bits per heavy atom. The first kappa shape index (κ1) is 14.0. The molecule has 2 aromatic rings. The largest absolute Gasteiger partial charge is 0.476 e. The van der Waals surface area contributed by atoms with Crippen LogP contribution in [0.15, 0.2) is 30.6 Å². The van der Waals surface area contributed by atoms with Crippen LogP contribution in [0.2, 0.25) is 0 Å². The van der Waals surface area contributed by atoms with Crippen molar-refractivity contribution in [2.24, 2.45) is 0 Å². The molecule has 5 nitrogen and oxygen atoms in total. The lowest BCUT2D eigenvalue weighted by molar-refractivity contribution is 0.0690. The molecule has 5 heteroatoms. The van der Waals surface area contributed by atoms with E-state index in [9.17, 15) is 4.79 Å². The Morgan fingerprint density at radius 1 is 1.25 bits per heavy atom. The second-order valence-electron chi connectivity index (χ2n) is 4.83. The van der Waals surface area contributed by atoms with Crippen LogP contribution >= 0.6 is 0 Å². The quantitative estimate of drug-likeness (QED) is 0.923. The Bertz CT molecular complexity index is 622. The van der Waals surface area contributed by atoms with Crippen LogP contribution in [-0.2, 0) is 0 Å². The van der Waals surface area contributed by atoms with Gasteiger partial charge in [0.15, 0.2) is 5.69 Å². The molecule has 0 aliphatic carbocycles. The number of carboxylic acids is 1. The van der Waals surface area contributed by atoms with Crippen LogP contribution in [0.1, 0.15) is 41.4 Å². The predicted molar refractivity (Wildman–Crippen MR) is 74.3 cm³/mol. The van der Waals surface area contributed by atoms with E-state index in [1.54, 1.807) is 0 Å². The molecule has 104 valence electrons. The van der Waals surface area contributed by atoms with Crippen molar-refractivity contribution < 1.29 is 14.6 Å². The molecular weight excluding hydrogens is 256 g/mol. The molecule has 0 saturated carbocycles. The van der Waals surface area contributed by atoms with Crippen molar-refractivity contribution in [3.63, 3.8) is 0 Å². The molecule has 1 N–H and O–H groups in total. The number of nitrogens with zero attached hydrogens (tertiary/aromatic N) is 2. The number of rotatable bonds is 4. The second-order valence-corrected chi connectivity index (χ2v) is 4.83. The summed E-state index contributed by atoms with van der Waals surface area (Å²) >= 11 is 0. The van der Waals surface area contributed by atoms with Crippen molar-refractivity contribution in [3.05, 3.63) is 47.4 Å². The molecule has 0 aliphatic heterocycles. The number of carbonyl (C=O) groups is 1. The van der Waals surface area contributed by atoms with Crippen molar-refractivity contribution >= 4 is 5.97 Å². The molecule has 0 radical (unpaired) electrons. The van der Waals surface area contributed by atoms with E-state index >= 15 is 0 Å². The minimum absolute atomic E-state index is 0.106. The summed E-state index contributed by atoms with van der Waals surface area (Å²) in [5.41, 5.74) is 2.05. The molecule has 0 aliphatic rings. The van der Waals surface area contributed by atoms with Crippen LogP contribution in [-0.4, -0.2) is 21.0 Å². The number of aryl methyl sites for hydroxylation is 1. The summed E-state index contributed by atoms with van der Waals surface area (Å²) in [6, 6.07) is 6.02. The summed E-state index contributed by atoms with van der Waals surface area (Å²) in [4.78, 5) is 18.4. The van der Waals surface area contributed by atoms with Crippen molar-refractivity contribution in [1.29, 1.82) is 0 Å². The predicted octanol–water partition coefficient (Wildman–Crippen LogP) is 3.40. The van der Waals surface area contributed by atoms with Gasteiger partial charge in [-0.15, -0.1) is 0 Å². The number of hydrogen-bond acceptors (Lipinski definition) is 4. The van der Waals surface area contributed by atoms with Crippen LogP contribution in [0.5, 0.6) is 11.6 Å². The summed E-state index contributed by atoms with van der Waals surface area (Å²) in [6.07, 6.45) is 2.49. The number of carboxylic acid groups (broad SMARTS) is 1. The lowest BCUT2D eigenvalue weighted by Crippen LogP contribution is -2.01. The average molecular weight is 272 g/mol. The number of aromatic carboxylic acids is 1. The first-order chi connectivity index (χ1) is 9.47. The summed E-state index contributed by atoms with van der Waals surface area (Å²) in [5.74, 6) is 0.271. The fraction of sp³-hybridized carbons (Fsp3) is 0.267. The molecule has 0 atom stereocenters. The molecule has 1 heterocycles. The molecule has 0 fully saturated rings. The minimum Gasteiger partial charge on any atom is -0.476 e. The van der Waals surface area contributed by atoms with Gasteiger partial charge in [-0.2, -0.15) is 0 Å². The Morgan fingerprint density at radius 2 is 2.00 bits per heavy atom. The minimum atomic E-state index is -1.11. The van der Waals surface area contributed by atoms with Crippen molar-refractivity contribution in [3.8, 4) is 11.6 Å². The normalized spacial score (nSPS) is 10.6. The Kier molecular flexibility index (Phi) is 3.98. The highest BCUT2D eigenvalue weighted by atomic mass is 16.5. The highest BCUT2D eigenvalue weighted by molar-refractivity contribution is 5.84. The van der Waals surface area contributed by atoms with Gasteiger partial charge in [0, 0.05) is 0 Å². The molecule has 2 rings (SSSR count). The number of hydrogen-bond donors (Lipinski definition) is 1. The Labute approximate surface area is 117 Å². The van der Waals surface area contributed by atoms with E-state index in [-0.39, 0.29) is 11.6 Å². The zero-order chi connectivity index (χ0) is 14.7. The van der Waals surface area contributed by atoms with Gasteiger partial charge in [-0.3, -0.25) is 0 Å². The Balaban J connectivity index is 2.25. The lowest BCUT2D eigenvalue weighted by atomic mass is 10.0. The Hall–Kier alpha value is -2.43. The summed E-state index contributed by atoms with van der Waals surface area (Å²) in [5, 5.41) is 8.76. The van der Waals surface area contributed by atoms with Crippen LogP contribution < -0.4 is 4.74 Å². The maximum atomic E-state index is 10.7. The third-order valence-corrected chi connectivity index (χ3v) is 2.94. The first-order valence-corrected chi connectivity index (χ1v) is 6.31. The van der Waals surface area contributed by atoms with E-state index in [1.165, 1.54) is 18.0 Å². The van der Waals surface area contributed by atoms with Crippen LogP contribution in [0.4, 0.5) is 0 Å². The van der Waals surface area contributed by atoms with Crippen molar-refractivity contribution in [2.45, 2.75) is 26.7 Å². The maximum absolute atomic E-state index is 10.7. The fourth-order valence-corrected chi connectivity index (χ4v) is 1.68. The van der Waals surface area contributed by atoms with Gasteiger partial charge in [-0.1, -0.05) is 26.0 Å². The zero-order valence-corrected chi connectivity index (χ0v) is 11.6. The average Bonchev–Trinajstić information content (AvgIpc) is 2.41. The van der Waals surface area contributed by atoms with Crippen LogP contribution in [0.3, 0.4) is 0 Å². The van der Waals surface area contributed by atoms with Crippen LogP contribution in [0.25, 0.3) is 0 Å². The van der Waals surface area contributed by atoms with Crippen molar-refractivity contribution in [1.82, 2.24) is 9.97 Å². The fourth-order valence-electron chi connectivity index (χ4n) is 1.68. The summed E-state index contributed by atoms with van der Waals surface area (Å²) in [6.45, 7) is 6.16. The van der Waals surface area contributed by atoms with E-state index in [0.717, 1.165) is 5.56 Å². The van der Waals surface area contributed by atoms with Crippen molar-refractivity contribution in [2.75, 3.05) is 0 Å². The SMILES string of the molecule is Cc1ccc(C(C)C)cc1Oc1cnc(C(=O)O)cn1. The number of ether oxygens (including phenoxy) is 1. The standard InChI is InChI=1S/C15H16N2O3/c1-9(2)11-5-4-10(3)13(6-11)20-14-8-16-12(7-17-14)15(18)19/h4-9H,1-3H3,(H,18,19). The van der Waals surface area contributed by atoms with E-state index in [2.05, 4.69) is 29.9 Å². The van der Waals surface area contributed by atoms with Gasteiger partial charge in [0.25, 0.3) is 0 Å². The molecule has 0 bridgehead atoms. The number of benzene rings is 1. The van der Waals surface area contributed by atoms with E-state index in [1.807, 2.05) is 19.1 Å². The highest BCUT2D eigenvalue weighted by Crippen LogP contribution is 2.27.